The molecule has 2 atom stereocenters. The molecular weight excluding hydrogens is 280 g/mol. The molecule has 1 amide bonds. The molecule has 0 saturated carbocycles. The SMILES string of the molecule is Cc1cc([N+](=O)[O-])ccc1C(=O)N1C[C@@H](O)C[C@H]1C(=O)O. The lowest BCUT2D eigenvalue weighted by Crippen LogP contribution is -2.40. The topological polar surface area (TPSA) is 121 Å². The summed E-state index contributed by atoms with van der Waals surface area (Å²) in [4.78, 5) is 34.7. The predicted octanol–water partition coefficient (Wildman–Crippen LogP) is 0.563. The second kappa shape index (κ2) is 5.49. The van der Waals surface area contributed by atoms with E-state index in [9.17, 15) is 24.8 Å². The lowest BCUT2D eigenvalue weighted by Gasteiger charge is -2.21. The Balaban J connectivity index is 2.31. The van der Waals surface area contributed by atoms with Crippen molar-refractivity contribution in [3.63, 3.8) is 0 Å². The third kappa shape index (κ3) is 2.84. The fraction of sp³-hybridized carbons (Fsp3) is 0.385. The summed E-state index contributed by atoms with van der Waals surface area (Å²) in [6.07, 6.45) is -0.902. The Labute approximate surface area is 119 Å². The van der Waals surface area contributed by atoms with E-state index in [-0.39, 0.29) is 24.2 Å². The van der Waals surface area contributed by atoms with E-state index in [1.165, 1.54) is 18.2 Å². The summed E-state index contributed by atoms with van der Waals surface area (Å²) in [5.74, 6) is -1.73. The smallest absolute Gasteiger partial charge is 0.326 e. The number of aryl methyl sites for hydroxylation is 1. The van der Waals surface area contributed by atoms with Crippen LogP contribution in [0.1, 0.15) is 22.3 Å². The summed E-state index contributed by atoms with van der Waals surface area (Å²) in [5, 5.41) is 29.3. The molecule has 0 spiro atoms. The molecule has 112 valence electrons. The van der Waals surface area contributed by atoms with E-state index in [0.29, 0.717) is 5.56 Å². The van der Waals surface area contributed by atoms with Gasteiger partial charge < -0.3 is 15.1 Å². The molecule has 0 radical (unpaired) electrons. The number of aliphatic hydroxyl groups is 1. The van der Waals surface area contributed by atoms with Crippen molar-refractivity contribution < 1.29 is 24.7 Å². The Morgan fingerprint density at radius 1 is 1.43 bits per heavy atom. The van der Waals surface area contributed by atoms with Crippen molar-refractivity contribution in [2.75, 3.05) is 6.54 Å². The number of carbonyl (C=O) groups excluding carboxylic acids is 1. The molecule has 0 unspecified atom stereocenters. The minimum absolute atomic E-state index is 0.0207. The normalized spacial score (nSPS) is 21.3. The van der Waals surface area contributed by atoms with Gasteiger partial charge in [0.05, 0.1) is 11.0 Å². The quantitative estimate of drug-likeness (QED) is 0.620. The van der Waals surface area contributed by atoms with E-state index in [1.807, 2.05) is 0 Å². The van der Waals surface area contributed by atoms with Crippen molar-refractivity contribution in [1.82, 2.24) is 4.90 Å². The van der Waals surface area contributed by atoms with Gasteiger partial charge in [-0.15, -0.1) is 0 Å². The molecule has 1 fully saturated rings. The van der Waals surface area contributed by atoms with E-state index < -0.39 is 28.9 Å². The first-order chi connectivity index (χ1) is 9.81. The number of nitro benzene ring substituents is 1. The standard InChI is InChI=1S/C13H14N2O6/c1-7-4-8(15(20)21)2-3-10(7)12(17)14-6-9(16)5-11(14)13(18)19/h2-4,9,11,16H,5-6H2,1H3,(H,18,19)/t9-,11-/m0/s1. The number of likely N-dealkylation sites (tertiary alicyclic amines) is 1. The average Bonchev–Trinajstić information content (AvgIpc) is 2.80. The molecule has 0 aliphatic carbocycles. The van der Waals surface area contributed by atoms with Gasteiger partial charge >= 0.3 is 5.97 Å². The maximum Gasteiger partial charge on any atom is 0.326 e. The van der Waals surface area contributed by atoms with E-state index in [4.69, 9.17) is 5.11 Å². The first-order valence-electron chi connectivity index (χ1n) is 6.28. The lowest BCUT2D eigenvalue weighted by atomic mass is 10.1. The van der Waals surface area contributed by atoms with Gasteiger partial charge in [-0.05, 0) is 18.6 Å². The number of aliphatic carboxylic acids is 1. The zero-order valence-electron chi connectivity index (χ0n) is 11.2. The van der Waals surface area contributed by atoms with Gasteiger partial charge in [-0.3, -0.25) is 14.9 Å². The number of hydrogen-bond acceptors (Lipinski definition) is 5. The Morgan fingerprint density at radius 3 is 2.62 bits per heavy atom. The average molecular weight is 294 g/mol. The minimum atomic E-state index is -1.18. The summed E-state index contributed by atoms with van der Waals surface area (Å²) in [6, 6.07) is 2.68. The van der Waals surface area contributed by atoms with Crippen LogP contribution in [0.25, 0.3) is 0 Å². The number of nitro groups is 1. The number of β-amino-alcohol motifs (C(OH)–C–C–N with tert-alkyl or cyclic N) is 1. The van der Waals surface area contributed by atoms with Crippen LogP contribution in [0.4, 0.5) is 5.69 Å². The number of nitrogens with zero attached hydrogens (tertiary/aromatic N) is 2. The van der Waals surface area contributed by atoms with Crippen molar-refractivity contribution in [3.8, 4) is 0 Å². The number of carbonyl (C=O) groups is 2. The third-order valence-corrected chi connectivity index (χ3v) is 3.48. The number of hydrogen-bond donors (Lipinski definition) is 2. The van der Waals surface area contributed by atoms with Crippen LogP contribution in [-0.4, -0.2) is 50.6 Å². The molecule has 8 nitrogen and oxygen atoms in total. The third-order valence-electron chi connectivity index (χ3n) is 3.48. The van der Waals surface area contributed by atoms with E-state index in [0.717, 1.165) is 4.90 Å². The molecule has 1 aromatic carbocycles. The zero-order chi connectivity index (χ0) is 15.7. The highest BCUT2D eigenvalue weighted by atomic mass is 16.6. The molecular formula is C13H14N2O6. The molecule has 21 heavy (non-hydrogen) atoms. The fourth-order valence-electron chi connectivity index (χ4n) is 2.43. The van der Waals surface area contributed by atoms with Gasteiger partial charge in [-0.2, -0.15) is 0 Å². The van der Waals surface area contributed by atoms with Crippen LogP contribution in [0.2, 0.25) is 0 Å². The maximum atomic E-state index is 12.4. The Kier molecular flexibility index (Phi) is 3.90. The number of amides is 1. The first-order valence-corrected chi connectivity index (χ1v) is 6.28. The first kappa shape index (κ1) is 14.9. The monoisotopic (exact) mass is 294 g/mol. The minimum Gasteiger partial charge on any atom is -0.480 e. The molecule has 1 heterocycles. The van der Waals surface area contributed by atoms with Crippen molar-refractivity contribution in [3.05, 3.63) is 39.4 Å². The van der Waals surface area contributed by atoms with Crippen LogP contribution < -0.4 is 0 Å². The Bertz CT molecular complexity index is 615. The summed E-state index contributed by atoms with van der Waals surface area (Å²) < 4.78 is 0. The number of carboxylic acids is 1. The van der Waals surface area contributed by atoms with Gasteiger partial charge in [-0.25, -0.2) is 4.79 Å². The van der Waals surface area contributed by atoms with Crippen molar-refractivity contribution in [2.24, 2.45) is 0 Å². The molecule has 1 saturated heterocycles. The van der Waals surface area contributed by atoms with E-state index >= 15 is 0 Å². The van der Waals surface area contributed by atoms with Gasteiger partial charge in [-0.1, -0.05) is 0 Å². The van der Waals surface area contributed by atoms with Crippen LogP contribution in [0.15, 0.2) is 18.2 Å². The summed E-state index contributed by atoms with van der Waals surface area (Å²) >= 11 is 0. The van der Waals surface area contributed by atoms with Gasteiger partial charge in [0.15, 0.2) is 0 Å². The van der Waals surface area contributed by atoms with E-state index in [2.05, 4.69) is 0 Å². The number of aliphatic hydroxyl groups excluding tert-OH is 1. The number of benzene rings is 1. The molecule has 8 heteroatoms. The highest BCUT2D eigenvalue weighted by Gasteiger charge is 2.39. The van der Waals surface area contributed by atoms with Crippen molar-refractivity contribution in [1.29, 1.82) is 0 Å². The molecule has 1 aromatic rings. The summed E-state index contributed by atoms with van der Waals surface area (Å²) in [5.41, 5.74) is 0.445. The molecule has 1 aliphatic heterocycles. The van der Waals surface area contributed by atoms with Gasteiger partial charge in [0.2, 0.25) is 0 Å². The second-order valence-corrected chi connectivity index (χ2v) is 4.96. The largest absolute Gasteiger partial charge is 0.480 e. The van der Waals surface area contributed by atoms with Crippen molar-refractivity contribution in [2.45, 2.75) is 25.5 Å². The highest BCUT2D eigenvalue weighted by Crippen LogP contribution is 2.24. The highest BCUT2D eigenvalue weighted by molar-refractivity contribution is 5.98. The molecule has 0 bridgehead atoms. The van der Waals surface area contributed by atoms with Gasteiger partial charge in [0, 0.05) is 30.7 Å². The fourth-order valence-corrected chi connectivity index (χ4v) is 2.43. The van der Waals surface area contributed by atoms with Crippen LogP contribution >= 0.6 is 0 Å². The summed E-state index contributed by atoms with van der Waals surface area (Å²) in [7, 11) is 0. The van der Waals surface area contributed by atoms with E-state index in [1.54, 1.807) is 6.92 Å². The second-order valence-electron chi connectivity index (χ2n) is 4.96. The maximum absolute atomic E-state index is 12.4. The van der Waals surface area contributed by atoms with Crippen LogP contribution in [-0.2, 0) is 4.79 Å². The Hall–Kier alpha value is -2.48. The van der Waals surface area contributed by atoms with Crippen molar-refractivity contribution >= 4 is 17.6 Å². The number of non-ortho nitro benzene ring substituents is 1. The van der Waals surface area contributed by atoms with Gasteiger partial charge in [0.1, 0.15) is 6.04 Å². The number of rotatable bonds is 3. The van der Waals surface area contributed by atoms with Crippen LogP contribution in [0, 0.1) is 17.0 Å². The molecule has 0 aromatic heterocycles. The molecule has 2 rings (SSSR count). The molecule has 2 N–H and O–H groups in total. The zero-order valence-corrected chi connectivity index (χ0v) is 11.2. The Morgan fingerprint density at radius 2 is 2.10 bits per heavy atom. The predicted molar refractivity (Wildman–Crippen MR) is 70.9 cm³/mol. The summed E-state index contributed by atoms with van der Waals surface area (Å²) in [6.45, 7) is 1.48. The van der Waals surface area contributed by atoms with Crippen LogP contribution in [0.3, 0.4) is 0 Å². The number of carboxylic acid groups (broad SMARTS) is 1. The van der Waals surface area contributed by atoms with Crippen LogP contribution in [0.5, 0.6) is 0 Å². The lowest BCUT2D eigenvalue weighted by molar-refractivity contribution is -0.384. The van der Waals surface area contributed by atoms with Gasteiger partial charge in [0.25, 0.3) is 11.6 Å². The molecule has 1 aliphatic rings.